The Bertz CT molecular complexity index is 774. The van der Waals surface area contributed by atoms with Crippen LogP contribution in [-0.2, 0) is 23.9 Å². The van der Waals surface area contributed by atoms with Crippen molar-refractivity contribution in [2.45, 2.75) is 19.1 Å². The van der Waals surface area contributed by atoms with Gasteiger partial charge in [0.25, 0.3) is 0 Å². The number of methoxy groups -OCH3 is 3. The first-order valence-electron chi connectivity index (χ1n) is 8.47. The maximum Gasteiger partial charge on any atom is 0.357 e. The van der Waals surface area contributed by atoms with Gasteiger partial charge in [0.15, 0.2) is 12.1 Å². The van der Waals surface area contributed by atoms with Crippen molar-refractivity contribution in [2.24, 2.45) is 0 Å². The molecule has 0 saturated carbocycles. The molecule has 2 aromatic rings. The van der Waals surface area contributed by atoms with Crippen molar-refractivity contribution in [2.75, 3.05) is 21.3 Å². The number of carbonyl (C=O) groups excluding carboxylic acids is 2. The molecule has 9 heteroatoms. The molecule has 0 radical (unpaired) electrons. The Morgan fingerprint density at radius 2 is 1.41 bits per heavy atom. The first-order valence-corrected chi connectivity index (χ1v) is 8.94. The van der Waals surface area contributed by atoms with Gasteiger partial charge in [-0.1, -0.05) is 41.0 Å². The SMILES string of the molecule is COc1cccc(OC)c1C(=O)C(C(=O)OOC(C)OC)c1ccccc1.O=[PH2+]. The number of hydrogen-bond acceptors (Lipinski definition) is 8. The van der Waals surface area contributed by atoms with E-state index in [2.05, 4.69) is 0 Å². The van der Waals surface area contributed by atoms with E-state index in [1.54, 1.807) is 55.5 Å². The quantitative estimate of drug-likeness (QED) is 0.151. The van der Waals surface area contributed by atoms with Crippen LogP contribution in [0.3, 0.4) is 0 Å². The lowest BCUT2D eigenvalue weighted by atomic mass is 9.90. The zero-order valence-electron chi connectivity index (χ0n) is 16.6. The summed E-state index contributed by atoms with van der Waals surface area (Å²) in [5, 5.41) is 0. The largest absolute Gasteiger partial charge is 0.496 e. The van der Waals surface area contributed by atoms with Crippen molar-refractivity contribution in [3.05, 3.63) is 59.7 Å². The highest BCUT2D eigenvalue weighted by Crippen LogP contribution is 2.34. The minimum absolute atomic E-state index is 0.146. The molecule has 0 aliphatic heterocycles. The second-order valence-corrected chi connectivity index (χ2v) is 5.55. The summed E-state index contributed by atoms with van der Waals surface area (Å²) in [6.45, 7) is 1.55. The van der Waals surface area contributed by atoms with Crippen molar-refractivity contribution >= 4 is 20.9 Å². The van der Waals surface area contributed by atoms with E-state index in [4.69, 9.17) is 28.6 Å². The van der Waals surface area contributed by atoms with Gasteiger partial charge in [-0.3, -0.25) is 9.68 Å². The van der Waals surface area contributed by atoms with Crippen LogP contribution in [0.15, 0.2) is 48.5 Å². The van der Waals surface area contributed by atoms with E-state index < -0.39 is 24.0 Å². The van der Waals surface area contributed by atoms with Gasteiger partial charge in [0, 0.05) is 7.11 Å². The zero-order chi connectivity index (χ0) is 21.8. The maximum absolute atomic E-state index is 13.3. The van der Waals surface area contributed by atoms with Gasteiger partial charge in [-0.05, 0) is 24.6 Å². The molecule has 0 amide bonds. The molecule has 2 aromatic carbocycles. The summed E-state index contributed by atoms with van der Waals surface area (Å²) in [6, 6.07) is 13.5. The van der Waals surface area contributed by atoms with Crippen molar-refractivity contribution in [3.8, 4) is 11.5 Å². The van der Waals surface area contributed by atoms with Crippen LogP contribution in [-0.4, -0.2) is 39.4 Å². The number of benzene rings is 2. The molecule has 0 aliphatic rings. The predicted molar refractivity (Wildman–Crippen MR) is 107 cm³/mol. The molecule has 0 fully saturated rings. The Morgan fingerprint density at radius 3 is 1.90 bits per heavy atom. The molecule has 0 aromatic heterocycles. The normalized spacial score (nSPS) is 12.0. The fourth-order valence-corrected chi connectivity index (χ4v) is 2.48. The summed E-state index contributed by atoms with van der Waals surface area (Å²) in [6.07, 6.45) is -0.777. The molecular formula is C20H24O8P+. The molecule has 8 nitrogen and oxygen atoms in total. The number of hydrogen-bond donors (Lipinski definition) is 0. The third-order valence-corrected chi connectivity index (χ3v) is 3.90. The predicted octanol–water partition coefficient (Wildman–Crippen LogP) is 3.34. The Morgan fingerprint density at radius 1 is 0.862 bits per heavy atom. The van der Waals surface area contributed by atoms with E-state index in [0.29, 0.717) is 17.1 Å². The number of carbonyl (C=O) groups is 2. The number of Topliss-reactive ketones (excluding diaryl/α,β-unsaturated/α-hetero) is 1. The smallest absolute Gasteiger partial charge is 0.357 e. The van der Waals surface area contributed by atoms with Gasteiger partial charge >= 0.3 is 15.1 Å². The Hall–Kier alpha value is -2.80. The van der Waals surface area contributed by atoms with Crippen LogP contribution < -0.4 is 9.47 Å². The Labute approximate surface area is 171 Å². The number of rotatable bonds is 9. The molecule has 0 N–H and O–H groups in total. The summed E-state index contributed by atoms with van der Waals surface area (Å²) in [5.74, 6) is -2.09. The van der Waals surface area contributed by atoms with Crippen LogP contribution in [0.2, 0.25) is 0 Å². The fourth-order valence-electron chi connectivity index (χ4n) is 2.48. The van der Waals surface area contributed by atoms with Crippen molar-refractivity contribution in [3.63, 3.8) is 0 Å². The minimum Gasteiger partial charge on any atom is -0.496 e. The molecule has 0 spiro atoms. The van der Waals surface area contributed by atoms with E-state index in [-0.39, 0.29) is 5.56 Å². The molecule has 29 heavy (non-hydrogen) atoms. The summed E-state index contributed by atoms with van der Waals surface area (Å²) in [4.78, 5) is 35.7. The summed E-state index contributed by atoms with van der Waals surface area (Å²) in [5.41, 5.74) is 0.599. The summed E-state index contributed by atoms with van der Waals surface area (Å²) in [7, 11) is 5.44. The maximum atomic E-state index is 13.3. The average Bonchev–Trinajstić information content (AvgIpc) is 2.78. The van der Waals surface area contributed by atoms with Gasteiger partial charge < -0.3 is 14.2 Å². The number of ether oxygens (including phenoxy) is 3. The van der Waals surface area contributed by atoms with Crippen LogP contribution in [0.4, 0.5) is 0 Å². The van der Waals surface area contributed by atoms with E-state index in [9.17, 15) is 9.59 Å². The first kappa shape index (κ1) is 24.2. The van der Waals surface area contributed by atoms with Crippen LogP contribution in [0.1, 0.15) is 28.8 Å². The van der Waals surface area contributed by atoms with Gasteiger partial charge in [-0.15, -0.1) is 0 Å². The lowest BCUT2D eigenvalue weighted by Gasteiger charge is -2.18. The molecule has 3 unspecified atom stereocenters. The lowest BCUT2D eigenvalue weighted by Crippen LogP contribution is -2.27. The first-order chi connectivity index (χ1) is 14.0. The monoisotopic (exact) mass is 423 g/mol. The van der Waals surface area contributed by atoms with Crippen LogP contribution >= 0.6 is 9.12 Å². The van der Waals surface area contributed by atoms with Gasteiger partial charge in [0.2, 0.25) is 0 Å². The van der Waals surface area contributed by atoms with Gasteiger partial charge in [-0.25, -0.2) is 4.79 Å². The van der Waals surface area contributed by atoms with Crippen LogP contribution in [0.5, 0.6) is 11.5 Å². The van der Waals surface area contributed by atoms with Crippen molar-refractivity contribution in [1.82, 2.24) is 0 Å². The minimum atomic E-state index is -1.26. The fraction of sp³-hybridized carbons (Fsp3) is 0.300. The van der Waals surface area contributed by atoms with E-state index in [1.165, 1.54) is 30.4 Å². The second kappa shape index (κ2) is 12.6. The van der Waals surface area contributed by atoms with Crippen LogP contribution in [0.25, 0.3) is 0 Å². The third-order valence-electron chi connectivity index (χ3n) is 3.90. The lowest BCUT2D eigenvalue weighted by molar-refractivity contribution is -0.342. The van der Waals surface area contributed by atoms with Gasteiger partial charge in [0.1, 0.15) is 23.0 Å². The third kappa shape index (κ3) is 6.35. The average molecular weight is 423 g/mol. The molecule has 3 atom stereocenters. The molecule has 0 heterocycles. The highest BCUT2D eigenvalue weighted by atomic mass is 31.0. The van der Waals surface area contributed by atoms with Crippen molar-refractivity contribution < 1.29 is 38.1 Å². The Balaban J connectivity index is 0.00000204. The van der Waals surface area contributed by atoms with E-state index in [0.717, 1.165) is 0 Å². The molecule has 156 valence electrons. The van der Waals surface area contributed by atoms with E-state index >= 15 is 0 Å². The van der Waals surface area contributed by atoms with Gasteiger partial charge in [-0.2, -0.15) is 4.89 Å². The molecule has 2 rings (SSSR count). The highest BCUT2D eigenvalue weighted by molar-refractivity contribution is 7.00. The van der Waals surface area contributed by atoms with E-state index in [1.807, 2.05) is 0 Å². The standard InChI is InChI=1S/C20H22O7.H2OP/c1-13(23-2)26-27-20(22)17(14-9-6-5-7-10-14)19(21)18-15(24-3)11-8-12-16(18)25-4;1-2/h5-13,17H,1-4H3;2H2/q;+1. The summed E-state index contributed by atoms with van der Waals surface area (Å²) >= 11 is 0. The molecular weight excluding hydrogens is 399 g/mol. The molecule has 0 bridgehead atoms. The van der Waals surface area contributed by atoms with Crippen molar-refractivity contribution in [1.29, 1.82) is 0 Å². The molecule has 0 aliphatic carbocycles. The van der Waals surface area contributed by atoms with Crippen LogP contribution in [0, 0.1) is 0 Å². The second-order valence-electron chi connectivity index (χ2n) is 5.55. The highest BCUT2D eigenvalue weighted by Gasteiger charge is 2.35. The topological polar surface area (TPSA) is 97.4 Å². The number of ketones is 1. The summed E-state index contributed by atoms with van der Waals surface area (Å²) < 4.78 is 23.6. The van der Waals surface area contributed by atoms with Gasteiger partial charge in [0.05, 0.1) is 14.2 Å². The Kier molecular flexibility index (Phi) is 10.5. The zero-order valence-corrected chi connectivity index (χ0v) is 17.8. The molecule has 0 saturated heterocycles.